The van der Waals surface area contributed by atoms with Crippen LogP contribution < -0.4 is 10.5 Å². The molecule has 1 heterocycles. The summed E-state index contributed by atoms with van der Waals surface area (Å²) in [6, 6.07) is 3.88. The Morgan fingerprint density at radius 1 is 1.33 bits per heavy atom. The number of aromatic nitrogens is 1. The molecule has 0 atom stereocenters. The third-order valence-corrected chi connectivity index (χ3v) is 3.71. The summed E-state index contributed by atoms with van der Waals surface area (Å²) in [5.41, 5.74) is 6.75. The van der Waals surface area contributed by atoms with E-state index < -0.39 is 0 Å². The molecule has 1 saturated carbocycles. The van der Waals surface area contributed by atoms with Gasteiger partial charge in [-0.15, -0.1) is 0 Å². The van der Waals surface area contributed by atoms with Crippen molar-refractivity contribution in [1.29, 1.82) is 0 Å². The number of ether oxygens (including phenoxy) is 2. The number of methoxy groups -OCH3 is 1. The van der Waals surface area contributed by atoms with Crippen LogP contribution in [0.3, 0.4) is 0 Å². The zero-order chi connectivity index (χ0) is 12.8. The summed E-state index contributed by atoms with van der Waals surface area (Å²) in [5, 5.41) is 0. The predicted molar refractivity (Wildman–Crippen MR) is 70.4 cm³/mol. The van der Waals surface area contributed by atoms with Gasteiger partial charge in [-0.25, -0.2) is 4.98 Å². The van der Waals surface area contributed by atoms with Crippen LogP contribution in [0.5, 0.6) is 5.88 Å². The van der Waals surface area contributed by atoms with Crippen molar-refractivity contribution in [1.82, 2.24) is 4.98 Å². The summed E-state index contributed by atoms with van der Waals surface area (Å²) >= 11 is 0. The van der Waals surface area contributed by atoms with Crippen LogP contribution in [0.25, 0.3) is 0 Å². The zero-order valence-corrected chi connectivity index (χ0v) is 11.0. The Kier molecular flexibility index (Phi) is 4.55. The van der Waals surface area contributed by atoms with Crippen molar-refractivity contribution < 1.29 is 9.47 Å². The van der Waals surface area contributed by atoms with Crippen molar-refractivity contribution in [2.45, 2.75) is 44.3 Å². The van der Waals surface area contributed by atoms with Gasteiger partial charge in [0.25, 0.3) is 0 Å². The van der Waals surface area contributed by atoms with E-state index in [1.807, 2.05) is 12.1 Å². The molecular formula is C14H22N2O2. The second-order valence-electron chi connectivity index (χ2n) is 4.91. The van der Waals surface area contributed by atoms with Crippen LogP contribution in [-0.4, -0.2) is 24.2 Å². The molecular weight excluding hydrogens is 228 g/mol. The standard InChI is InChI=1S/C14H22N2O2/c1-17-13-12(6-5-9-16-13)10-18-14(11-15)7-3-2-4-8-14/h5-6,9H,2-4,7-8,10-11,15H2,1H3. The van der Waals surface area contributed by atoms with Gasteiger partial charge in [-0.05, 0) is 25.0 Å². The molecule has 1 aromatic rings. The second-order valence-corrected chi connectivity index (χ2v) is 4.91. The van der Waals surface area contributed by atoms with Crippen molar-refractivity contribution in [2.24, 2.45) is 5.73 Å². The monoisotopic (exact) mass is 250 g/mol. The average Bonchev–Trinajstić information content (AvgIpc) is 2.46. The van der Waals surface area contributed by atoms with E-state index >= 15 is 0 Å². The van der Waals surface area contributed by atoms with Gasteiger partial charge in [0.05, 0.1) is 19.3 Å². The van der Waals surface area contributed by atoms with Crippen LogP contribution in [0.2, 0.25) is 0 Å². The molecule has 2 rings (SSSR count). The lowest BCUT2D eigenvalue weighted by Gasteiger charge is -2.36. The topological polar surface area (TPSA) is 57.4 Å². The van der Waals surface area contributed by atoms with Crippen LogP contribution in [0.1, 0.15) is 37.7 Å². The highest BCUT2D eigenvalue weighted by Gasteiger charge is 2.31. The highest BCUT2D eigenvalue weighted by Crippen LogP contribution is 2.32. The van der Waals surface area contributed by atoms with Crippen LogP contribution in [0, 0.1) is 0 Å². The van der Waals surface area contributed by atoms with Gasteiger partial charge < -0.3 is 15.2 Å². The molecule has 1 aromatic heterocycles. The molecule has 0 saturated heterocycles. The summed E-state index contributed by atoms with van der Waals surface area (Å²) < 4.78 is 11.3. The Bertz CT molecular complexity index is 376. The SMILES string of the molecule is COc1ncccc1COC1(CN)CCCCC1. The Balaban J connectivity index is 2.01. The molecule has 100 valence electrons. The number of nitrogens with two attached hydrogens (primary N) is 1. The first-order chi connectivity index (χ1) is 8.79. The van der Waals surface area contributed by atoms with Gasteiger partial charge in [-0.3, -0.25) is 0 Å². The van der Waals surface area contributed by atoms with Gasteiger partial charge in [0.1, 0.15) is 0 Å². The lowest BCUT2D eigenvalue weighted by atomic mass is 9.84. The zero-order valence-electron chi connectivity index (χ0n) is 11.0. The van der Waals surface area contributed by atoms with E-state index in [0.29, 0.717) is 19.0 Å². The minimum Gasteiger partial charge on any atom is -0.481 e. The van der Waals surface area contributed by atoms with Gasteiger partial charge in [0, 0.05) is 18.3 Å². The van der Waals surface area contributed by atoms with E-state index in [1.54, 1.807) is 13.3 Å². The Morgan fingerprint density at radius 2 is 2.11 bits per heavy atom. The maximum absolute atomic E-state index is 6.10. The lowest BCUT2D eigenvalue weighted by Crippen LogP contribution is -2.42. The van der Waals surface area contributed by atoms with Crippen molar-refractivity contribution >= 4 is 0 Å². The number of nitrogens with zero attached hydrogens (tertiary/aromatic N) is 1. The molecule has 0 aromatic carbocycles. The summed E-state index contributed by atoms with van der Waals surface area (Å²) in [7, 11) is 1.63. The van der Waals surface area contributed by atoms with Gasteiger partial charge in [-0.2, -0.15) is 0 Å². The van der Waals surface area contributed by atoms with Crippen molar-refractivity contribution in [2.75, 3.05) is 13.7 Å². The normalized spacial score (nSPS) is 18.6. The van der Waals surface area contributed by atoms with Gasteiger partial charge >= 0.3 is 0 Å². The maximum Gasteiger partial charge on any atom is 0.218 e. The molecule has 1 fully saturated rings. The highest BCUT2D eigenvalue weighted by molar-refractivity contribution is 5.24. The first-order valence-corrected chi connectivity index (χ1v) is 6.61. The van der Waals surface area contributed by atoms with Crippen LogP contribution in [0.15, 0.2) is 18.3 Å². The second kappa shape index (κ2) is 6.16. The summed E-state index contributed by atoms with van der Waals surface area (Å²) in [5.74, 6) is 0.639. The summed E-state index contributed by atoms with van der Waals surface area (Å²) in [6.07, 6.45) is 7.56. The fraction of sp³-hybridized carbons (Fsp3) is 0.643. The average molecular weight is 250 g/mol. The number of rotatable bonds is 5. The Labute approximate surface area is 108 Å². The first kappa shape index (κ1) is 13.3. The molecule has 4 heteroatoms. The van der Waals surface area contributed by atoms with E-state index in [0.717, 1.165) is 18.4 Å². The van der Waals surface area contributed by atoms with Gasteiger partial charge in [0.2, 0.25) is 5.88 Å². The number of pyridine rings is 1. The minimum absolute atomic E-state index is 0.140. The number of hydrogen-bond donors (Lipinski definition) is 1. The molecule has 2 N–H and O–H groups in total. The third-order valence-electron chi connectivity index (χ3n) is 3.71. The largest absolute Gasteiger partial charge is 0.481 e. The molecule has 0 unspecified atom stereocenters. The summed E-state index contributed by atoms with van der Waals surface area (Å²) in [6.45, 7) is 1.11. The molecule has 18 heavy (non-hydrogen) atoms. The predicted octanol–water partition coefficient (Wildman–Crippen LogP) is 2.27. The third kappa shape index (κ3) is 3.00. The highest BCUT2D eigenvalue weighted by atomic mass is 16.5. The fourth-order valence-electron chi connectivity index (χ4n) is 2.55. The van der Waals surface area contributed by atoms with Gasteiger partial charge in [-0.1, -0.05) is 19.3 Å². The van der Waals surface area contributed by atoms with Crippen molar-refractivity contribution in [3.8, 4) is 5.88 Å². The number of hydrogen-bond acceptors (Lipinski definition) is 4. The van der Waals surface area contributed by atoms with E-state index in [1.165, 1.54) is 19.3 Å². The smallest absolute Gasteiger partial charge is 0.218 e. The van der Waals surface area contributed by atoms with Crippen LogP contribution in [-0.2, 0) is 11.3 Å². The van der Waals surface area contributed by atoms with Crippen LogP contribution in [0.4, 0.5) is 0 Å². The molecule has 1 aliphatic carbocycles. The lowest BCUT2D eigenvalue weighted by molar-refractivity contribution is -0.0739. The fourth-order valence-corrected chi connectivity index (χ4v) is 2.55. The molecule has 0 aliphatic heterocycles. The van der Waals surface area contributed by atoms with E-state index in [2.05, 4.69) is 4.98 Å². The molecule has 0 amide bonds. The molecule has 4 nitrogen and oxygen atoms in total. The maximum atomic E-state index is 6.10. The minimum atomic E-state index is -0.140. The van der Waals surface area contributed by atoms with Crippen LogP contribution >= 0.6 is 0 Å². The first-order valence-electron chi connectivity index (χ1n) is 6.61. The van der Waals surface area contributed by atoms with Crippen molar-refractivity contribution in [3.05, 3.63) is 23.9 Å². The quantitative estimate of drug-likeness (QED) is 0.871. The molecule has 0 bridgehead atoms. The Hall–Kier alpha value is -1.13. The van der Waals surface area contributed by atoms with Crippen molar-refractivity contribution in [3.63, 3.8) is 0 Å². The van der Waals surface area contributed by atoms with Gasteiger partial charge in [0.15, 0.2) is 0 Å². The molecule has 0 spiro atoms. The van der Waals surface area contributed by atoms with E-state index in [9.17, 15) is 0 Å². The molecule has 1 aliphatic rings. The van der Waals surface area contributed by atoms with E-state index in [-0.39, 0.29) is 5.60 Å². The summed E-state index contributed by atoms with van der Waals surface area (Å²) in [4.78, 5) is 4.18. The Morgan fingerprint density at radius 3 is 2.78 bits per heavy atom. The van der Waals surface area contributed by atoms with E-state index in [4.69, 9.17) is 15.2 Å². The molecule has 0 radical (unpaired) electrons.